The number of aryl methyl sites for hydroxylation is 1. The molecular weight excluding hydrogens is 414 g/mol. The van der Waals surface area contributed by atoms with E-state index in [1.165, 1.54) is 13.2 Å². The Morgan fingerprint density at radius 1 is 1.28 bits per heavy atom. The van der Waals surface area contributed by atoms with Crippen molar-refractivity contribution in [3.05, 3.63) is 41.2 Å². The van der Waals surface area contributed by atoms with Crippen LogP contribution in [-0.4, -0.2) is 39.1 Å². The minimum atomic E-state index is -4.62. The number of imidazole rings is 1. The predicted octanol–water partition coefficient (Wildman–Crippen LogP) is 4.13. The zero-order chi connectivity index (χ0) is 21.3. The summed E-state index contributed by atoms with van der Waals surface area (Å²) in [5, 5.41) is 0.0958. The first kappa shape index (κ1) is 21.2. The van der Waals surface area contributed by atoms with Gasteiger partial charge in [0.15, 0.2) is 5.75 Å². The number of aromatic nitrogens is 3. The molecule has 1 N–H and O–H groups in total. The molecule has 11 heteroatoms. The van der Waals surface area contributed by atoms with Gasteiger partial charge in [-0.05, 0) is 26.0 Å². The number of aromatic amines is 1. The first-order valence-electron chi connectivity index (χ1n) is 8.34. The van der Waals surface area contributed by atoms with E-state index in [-0.39, 0.29) is 16.4 Å². The second-order valence-corrected chi connectivity index (χ2v) is 7.59. The van der Waals surface area contributed by atoms with Crippen LogP contribution in [0.15, 0.2) is 29.6 Å². The molecule has 0 aliphatic rings. The molecule has 1 aromatic carbocycles. The summed E-state index contributed by atoms with van der Waals surface area (Å²) in [4.78, 5) is 11.2. The number of nitrogens with one attached hydrogen (secondary N) is 1. The maximum Gasteiger partial charge on any atom is 0.461 e. The third kappa shape index (κ3) is 4.40. The van der Waals surface area contributed by atoms with E-state index in [4.69, 9.17) is 4.74 Å². The van der Waals surface area contributed by atoms with Gasteiger partial charge < -0.3 is 14.0 Å². The third-order valence-electron chi connectivity index (χ3n) is 4.17. The Morgan fingerprint density at radius 3 is 2.66 bits per heavy atom. The molecule has 29 heavy (non-hydrogen) atoms. The summed E-state index contributed by atoms with van der Waals surface area (Å²) in [6.07, 6.45) is -6.98. The summed E-state index contributed by atoms with van der Waals surface area (Å²) >= 11 is -1.62. The molecule has 0 saturated carbocycles. The number of nitrogens with zero attached hydrogens (tertiary/aromatic N) is 2. The van der Waals surface area contributed by atoms with Crippen molar-refractivity contribution in [2.45, 2.75) is 37.3 Å². The monoisotopic (exact) mass is 431 g/mol. The first-order valence-corrected chi connectivity index (χ1v) is 9.66. The molecule has 3 rings (SSSR count). The Kier molecular flexibility index (Phi) is 5.90. The van der Waals surface area contributed by atoms with Crippen LogP contribution < -0.4 is 9.47 Å². The van der Waals surface area contributed by atoms with E-state index in [0.717, 1.165) is 23.3 Å². The molecule has 156 valence electrons. The lowest BCUT2D eigenvalue weighted by atomic mass is 10.1. The van der Waals surface area contributed by atoms with E-state index >= 15 is 0 Å². The molecule has 0 radical (unpaired) electrons. The lowest BCUT2D eigenvalue weighted by Crippen LogP contribution is -2.33. The van der Waals surface area contributed by atoms with Gasteiger partial charge >= 0.3 is 17.7 Å². The highest BCUT2D eigenvalue weighted by molar-refractivity contribution is 7.90. The molecule has 0 aliphatic heterocycles. The number of methoxy groups -OCH3 is 1. The van der Waals surface area contributed by atoms with Crippen LogP contribution in [0.2, 0.25) is 0 Å². The van der Waals surface area contributed by atoms with Crippen LogP contribution >= 0.6 is 0 Å². The number of halogens is 4. The molecule has 0 amide bonds. The van der Waals surface area contributed by atoms with Crippen molar-refractivity contribution < 1.29 is 31.6 Å². The Labute approximate surface area is 166 Å². The molecule has 2 aromatic heterocycles. The van der Waals surface area contributed by atoms with Crippen molar-refractivity contribution in [2.24, 2.45) is 0 Å². The highest BCUT2D eigenvalue weighted by atomic mass is 32.2. The largest absolute Gasteiger partial charge is 0.609 e. The van der Waals surface area contributed by atoms with Gasteiger partial charge in [0.1, 0.15) is 11.5 Å². The van der Waals surface area contributed by atoms with Gasteiger partial charge in [-0.3, -0.25) is 9.97 Å². The topological polar surface area (TPSA) is 83.1 Å². The van der Waals surface area contributed by atoms with Crippen LogP contribution in [0.3, 0.4) is 0 Å². The van der Waals surface area contributed by atoms with Gasteiger partial charge in [0, 0.05) is 34.6 Å². The summed E-state index contributed by atoms with van der Waals surface area (Å²) in [6.45, 7) is 3.65. The number of alkyl halides is 4. The van der Waals surface area contributed by atoms with Crippen molar-refractivity contribution in [1.82, 2.24) is 15.0 Å². The van der Waals surface area contributed by atoms with Crippen LogP contribution in [0.1, 0.15) is 16.8 Å². The Balaban J connectivity index is 1.83. The highest BCUT2D eigenvalue weighted by Gasteiger charge is 2.44. The third-order valence-corrected chi connectivity index (χ3v) is 5.33. The van der Waals surface area contributed by atoms with E-state index in [1.54, 1.807) is 13.1 Å². The Morgan fingerprint density at radius 2 is 2.00 bits per heavy atom. The van der Waals surface area contributed by atoms with E-state index < -0.39 is 29.5 Å². The van der Waals surface area contributed by atoms with Crippen LogP contribution in [-0.2, 0) is 16.9 Å². The van der Waals surface area contributed by atoms with E-state index in [2.05, 4.69) is 19.7 Å². The summed E-state index contributed by atoms with van der Waals surface area (Å²) in [5.74, 6) is 0.223. The summed E-state index contributed by atoms with van der Waals surface area (Å²) in [6, 6.07) is 3.50. The number of pyridine rings is 1. The molecule has 0 fully saturated rings. The summed E-state index contributed by atoms with van der Waals surface area (Å²) in [7, 11) is 1.53. The lowest BCUT2D eigenvalue weighted by molar-refractivity contribution is -0.253. The number of rotatable bonds is 7. The lowest BCUT2D eigenvalue weighted by Gasteiger charge is -2.16. The average molecular weight is 431 g/mol. The second-order valence-electron chi connectivity index (χ2n) is 6.22. The second kappa shape index (κ2) is 8.07. The quantitative estimate of drug-likeness (QED) is 0.449. The molecular formula is C18H17F4N3O3S. The van der Waals surface area contributed by atoms with Gasteiger partial charge in [0.05, 0.1) is 23.8 Å². The molecule has 2 heterocycles. The fraction of sp³-hybridized carbons (Fsp3) is 0.333. The van der Waals surface area contributed by atoms with Crippen LogP contribution in [0.25, 0.3) is 11.0 Å². The average Bonchev–Trinajstić information content (AvgIpc) is 3.07. The van der Waals surface area contributed by atoms with Crippen LogP contribution in [0.5, 0.6) is 11.5 Å². The van der Waals surface area contributed by atoms with Gasteiger partial charge in [0.25, 0.3) is 0 Å². The number of hydrogen-bond donors (Lipinski definition) is 1. The number of benzene rings is 1. The number of fused-ring (bicyclic) bond motifs is 1. The van der Waals surface area contributed by atoms with Crippen molar-refractivity contribution >= 4 is 22.2 Å². The van der Waals surface area contributed by atoms with Gasteiger partial charge in [-0.2, -0.15) is 22.5 Å². The summed E-state index contributed by atoms with van der Waals surface area (Å²) in [5.41, 5.74) is 2.71. The zero-order valence-corrected chi connectivity index (χ0v) is 16.4. The van der Waals surface area contributed by atoms with Gasteiger partial charge in [-0.25, -0.2) is 0 Å². The molecule has 0 spiro atoms. The van der Waals surface area contributed by atoms with Crippen molar-refractivity contribution in [2.75, 3.05) is 7.11 Å². The minimum absolute atomic E-state index is 0.0507. The normalized spacial score (nSPS) is 13.1. The van der Waals surface area contributed by atoms with Crippen molar-refractivity contribution in [3.8, 4) is 11.5 Å². The molecule has 1 unspecified atom stereocenters. The number of H-pyrrole nitrogens is 1. The van der Waals surface area contributed by atoms with Crippen molar-refractivity contribution in [1.29, 1.82) is 0 Å². The fourth-order valence-electron chi connectivity index (χ4n) is 2.74. The standard InChI is InChI=1S/C18H17F4N3O3S/c1-9-7-23-14(10(2)15(9)27-3)8-29(26)17-24-12-5-4-11(6-13(12)25-17)28-18(21,22)16(19)20/h4-7,16H,8H2,1-3H3,(H,24,25). The molecule has 1 atom stereocenters. The first-order chi connectivity index (χ1) is 13.6. The highest BCUT2D eigenvalue weighted by Crippen LogP contribution is 2.30. The van der Waals surface area contributed by atoms with Crippen molar-refractivity contribution in [3.63, 3.8) is 0 Å². The van der Waals surface area contributed by atoms with Gasteiger partial charge in [-0.15, -0.1) is 0 Å². The predicted molar refractivity (Wildman–Crippen MR) is 98.0 cm³/mol. The van der Waals surface area contributed by atoms with E-state index in [0.29, 0.717) is 17.0 Å². The zero-order valence-electron chi connectivity index (χ0n) is 15.6. The van der Waals surface area contributed by atoms with Crippen LogP contribution in [0.4, 0.5) is 17.6 Å². The maximum atomic E-state index is 13.1. The SMILES string of the molecule is COc1c(C)cnc(C[S+]([O-])c2nc3cc(OC(F)(F)C(F)F)ccc3[nH]2)c1C. The van der Waals surface area contributed by atoms with Crippen LogP contribution in [0, 0.1) is 13.8 Å². The fourth-order valence-corrected chi connectivity index (χ4v) is 3.84. The van der Waals surface area contributed by atoms with E-state index in [1.807, 2.05) is 6.92 Å². The maximum absolute atomic E-state index is 13.1. The number of hydrogen-bond acceptors (Lipinski definition) is 5. The van der Waals surface area contributed by atoms with Gasteiger partial charge in [0.2, 0.25) is 0 Å². The minimum Gasteiger partial charge on any atom is -0.609 e. The molecule has 6 nitrogen and oxygen atoms in total. The Hall–Kier alpha value is -2.53. The molecule has 0 saturated heterocycles. The Bertz CT molecular complexity index is 1030. The number of ether oxygens (including phenoxy) is 2. The van der Waals surface area contributed by atoms with E-state index in [9.17, 15) is 22.1 Å². The van der Waals surface area contributed by atoms with Gasteiger partial charge in [-0.1, -0.05) is 0 Å². The molecule has 0 aliphatic carbocycles. The smallest absolute Gasteiger partial charge is 0.461 e. The molecule has 0 bridgehead atoms. The summed E-state index contributed by atoms with van der Waals surface area (Å²) < 4.78 is 72.8. The molecule has 3 aromatic rings.